The minimum atomic E-state index is 0.243. The van der Waals surface area contributed by atoms with Crippen LogP contribution in [0.4, 0.5) is 0 Å². The van der Waals surface area contributed by atoms with Crippen molar-refractivity contribution in [2.75, 3.05) is 0 Å². The fourth-order valence-corrected chi connectivity index (χ4v) is 4.16. The number of hydrogen-bond donors (Lipinski definition) is 0. The standard InChI is InChI=1S/C18H18I2/c19-16-8-4-14(5-9-16)18(12-2-1-3-13-18)15-6-10-17(20)11-7-15/h4-11H,1-3,12-13H2. The molecule has 0 saturated heterocycles. The van der Waals surface area contributed by atoms with E-state index in [2.05, 4.69) is 93.7 Å². The minimum absolute atomic E-state index is 0.243. The van der Waals surface area contributed by atoms with Crippen LogP contribution in [-0.2, 0) is 5.41 Å². The van der Waals surface area contributed by atoms with Gasteiger partial charge in [0, 0.05) is 12.6 Å². The molecule has 20 heavy (non-hydrogen) atoms. The first-order chi connectivity index (χ1) is 9.71. The van der Waals surface area contributed by atoms with Gasteiger partial charge in [0.2, 0.25) is 0 Å². The van der Waals surface area contributed by atoms with Gasteiger partial charge in [0.1, 0.15) is 0 Å². The van der Waals surface area contributed by atoms with Gasteiger partial charge in [-0.05, 0) is 93.4 Å². The van der Waals surface area contributed by atoms with Crippen LogP contribution in [0.1, 0.15) is 43.2 Å². The number of hydrogen-bond acceptors (Lipinski definition) is 0. The van der Waals surface area contributed by atoms with Gasteiger partial charge in [0.25, 0.3) is 0 Å². The Morgan fingerprint density at radius 1 is 0.600 bits per heavy atom. The monoisotopic (exact) mass is 488 g/mol. The van der Waals surface area contributed by atoms with Gasteiger partial charge in [-0.15, -0.1) is 0 Å². The molecule has 0 N–H and O–H groups in total. The zero-order valence-corrected chi connectivity index (χ0v) is 15.7. The lowest BCUT2D eigenvalue weighted by atomic mass is 9.65. The topological polar surface area (TPSA) is 0 Å². The van der Waals surface area contributed by atoms with E-state index in [0.29, 0.717) is 0 Å². The molecule has 0 spiro atoms. The molecular formula is C18H18I2. The molecule has 0 aromatic heterocycles. The van der Waals surface area contributed by atoms with Crippen LogP contribution >= 0.6 is 45.2 Å². The first-order valence-electron chi connectivity index (χ1n) is 7.23. The summed E-state index contributed by atoms with van der Waals surface area (Å²) in [6.07, 6.45) is 6.65. The highest BCUT2D eigenvalue weighted by Crippen LogP contribution is 2.45. The van der Waals surface area contributed by atoms with Gasteiger partial charge >= 0.3 is 0 Å². The maximum Gasteiger partial charge on any atom is 0.0203 e. The summed E-state index contributed by atoms with van der Waals surface area (Å²) < 4.78 is 2.64. The zero-order valence-electron chi connectivity index (χ0n) is 11.4. The molecule has 0 bridgehead atoms. The second kappa shape index (κ2) is 6.34. The SMILES string of the molecule is Ic1ccc(C2(c3ccc(I)cc3)CCCCC2)cc1. The summed E-state index contributed by atoms with van der Waals surface area (Å²) in [6.45, 7) is 0. The van der Waals surface area contributed by atoms with Crippen LogP contribution in [-0.4, -0.2) is 0 Å². The maximum atomic E-state index is 2.39. The quantitative estimate of drug-likeness (QED) is 0.446. The number of rotatable bonds is 2. The molecule has 3 rings (SSSR count). The molecule has 0 atom stereocenters. The summed E-state index contributed by atoms with van der Waals surface area (Å²) in [7, 11) is 0. The van der Waals surface area contributed by atoms with E-state index in [1.807, 2.05) is 0 Å². The van der Waals surface area contributed by atoms with E-state index in [4.69, 9.17) is 0 Å². The van der Waals surface area contributed by atoms with E-state index in [1.165, 1.54) is 50.4 Å². The molecule has 0 aliphatic heterocycles. The Morgan fingerprint density at radius 3 is 1.40 bits per heavy atom. The number of benzene rings is 2. The Labute approximate surface area is 148 Å². The Bertz CT molecular complexity index is 516. The van der Waals surface area contributed by atoms with E-state index >= 15 is 0 Å². The molecular weight excluding hydrogens is 470 g/mol. The molecule has 0 heterocycles. The van der Waals surface area contributed by atoms with Gasteiger partial charge in [0.15, 0.2) is 0 Å². The van der Waals surface area contributed by atoms with E-state index in [1.54, 1.807) is 0 Å². The van der Waals surface area contributed by atoms with Crippen molar-refractivity contribution in [1.82, 2.24) is 0 Å². The second-order valence-corrected chi connectivity index (χ2v) is 8.15. The molecule has 1 aliphatic carbocycles. The molecule has 2 aromatic carbocycles. The molecule has 0 unspecified atom stereocenters. The maximum absolute atomic E-state index is 2.39. The van der Waals surface area contributed by atoms with E-state index in [-0.39, 0.29) is 5.41 Å². The van der Waals surface area contributed by atoms with Crippen LogP contribution in [0.15, 0.2) is 48.5 Å². The fourth-order valence-electron chi connectivity index (χ4n) is 3.44. The van der Waals surface area contributed by atoms with Gasteiger partial charge in [0.05, 0.1) is 0 Å². The normalized spacial score (nSPS) is 17.9. The van der Waals surface area contributed by atoms with Crippen molar-refractivity contribution < 1.29 is 0 Å². The lowest BCUT2D eigenvalue weighted by Gasteiger charge is -2.38. The summed E-state index contributed by atoms with van der Waals surface area (Å²) >= 11 is 4.78. The summed E-state index contributed by atoms with van der Waals surface area (Å²) in [5.41, 5.74) is 3.24. The van der Waals surface area contributed by atoms with Gasteiger partial charge in [-0.1, -0.05) is 43.5 Å². The van der Waals surface area contributed by atoms with Gasteiger partial charge in [-0.2, -0.15) is 0 Å². The highest BCUT2D eigenvalue weighted by Gasteiger charge is 2.35. The predicted molar refractivity (Wildman–Crippen MR) is 102 cm³/mol. The molecule has 1 fully saturated rings. The average Bonchev–Trinajstić information content (AvgIpc) is 2.49. The highest BCUT2D eigenvalue weighted by molar-refractivity contribution is 14.1. The molecule has 0 amide bonds. The Balaban J connectivity index is 2.08. The van der Waals surface area contributed by atoms with Crippen LogP contribution in [0.25, 0.3) is 0 Å². The first-order valence-corrected chi connectivity index (χ1v) is 9.39. The lowest BCUT2D eigenvalue weighted by Crippen LogP contribution is -2.30. The smallest absolute Gasteiger partial charge is 0.0203 e. The third-order valence-corrected chi connectivity index (χ3v) is 5.94. The van der Waals surface area contributed by atoms with Crippen LogP contribution < -0.4 is 0 Å². The Morgan fingerprint density at radius 2 is 1.00 bits per heavy atom. The van der Waals surface area contributed by atoms with E-state index in [0.717, 1.165) is 0 Å². The zero-order chi connectivity index (χ0) is 14.0. The first kappa shape index (κ1) is 14.8. The fraction of sp³-hybridized carbons (Fsp3) is 0.333. The molecule has 2 heteroatoms. The predicted octanol–water partition coefficient (Wildman–Crippen LogP) is 6.15. The van der Waals surface area contributed by atoms with Crippen molar-refractivity contribution in [3.8, 4) is 0 Å². The molecule has 0 nitrogen and oxygen atoms in total. The minimum Gasteiger partial charge on any atom is -0.0571 e. The van der Waals surface area contributed by atoms with E-state index in [9.17, 15) is 0 Å². The lowest BCUT2D eigenvalue weighted by molar-refractivity contribution is 0.346. The highest BCUT2D eigenvalue weighted by atomic mass is 127. The van der Waals surface area contributed by atoms with Crippen molar-refractivity contribution in [3.05, 3.63) is 66.8 Å². The van der Waals surface area contributed by atoms with Crippen molar-refractivity contribution in [2.45, 2.75) is 37.5 Å². The van der Waals surface area contributed by atoms with Gasteiger partial charge in [-0.3, -0.25) is 0 Å². The van der Waals surface area contributed by atoms with E-state index < -0.39 is 0 Å². The third kappa shape index (κ3) is 2.91. The summed E-state index contributed by atoms with van der Waals surface area (Å²) in [4.78, 5) is 0. The Kier molecular flexibility index (Phi) is 4.70. The largest absolute Gasteiger partial charge is 0.0571 e. The van der Waals surface area contributed by atoms with Crippen molar-refractivity contribution in [2.24, 2.45) is 0 Å². The third-order valence-electron chi connectivity index (χ3n) is 4.50. The molecule has 1 aliphatic rings. The van der Waals surface area contributed by atoms with Crippen molar-refractivity contribution >= 4 is 45.2 Å². The molecule has 104 valence electrons. The number of halogens is 2. The van der Waals surface area contributed by atoms with Crippen LogP contribution in [0.3, 0.4) is 0 Å². The van der Waals surface area contributed by atoms with Crippen LogP contribution in [0.2, 0.25) is 0 Å². The van der Waals surface area contributed by atoms with Crippen LogP contribution in [0, 0.1) is 7.14 Å². The van der Waals surface area contributed by atoms with Crippen molar-refractivity contribution in [3.63, 3.8) is 0 Å². The summed E-state index contributed by atoms with van der Waals surface area (Å²) in [5.74, 6) is 0. The molecule has 1 saturated carbocycles. The van der Waals surface area contributed by atoms with Crippen LogP contribution in [0.5, 0.6) is 0 Å². The molecule has 0 radical (unpaired) electrons. The molecule has 2 aromatic rings. The Hall–Kier alpha value is -0.100. The summed E-state index contributed by atoms with van der Waals surface area (Å²) in [5, 5.41) is 0. The second-order valence-electron chi connectivity index (χ2n) is 5.66. The summed E-state index contributed by atoms with van der Waals surface area (Å²) in [6, 6.07) is 18.3. The van der Waals surface area contributed by atoms with Gasteiger partial charge in [-0.25, -0.2) is 0 Å². The average molecular weight is 488 g/mol. The van der Waals surface area contributed by atoms with Gasteiger partial charge < -0.3 is 0 Å². The van der Waals surface area contributed by atoms with Crippen molar-refractivity contribution in [1.29, 1.82) is 0 Å².